The third-order valence-electron chi connectivity index (χ3n) is 6.89. The number of piperidine rings is 1. The molecule has 1 aliphatic heterocycles. The molecule has 3 N–H and O–H groups in total. The number of carbonyl (C=O) groups excluding carboxylic acids is 2. The van der Waals surface area contributed by atoms with E-state index < -0.39 is 23.9 Å². The first-order valence-electron chi connectivity index (χ1n) is 12.4. The summed E-state index contributed by atoms with van der Waals surface area (Å²) in [7, 11) is 1.44. The number of methoxy groups -OCH3 is 1. The maximum atomic E-state index is 14.2. The third kappa shape index (κ3) is 5.28. The van der Waals surface area contributed by atoms with Crippen LogP contribution in [0.4, 0.5) is 4.39 Å². The number of aliphatic hydroxyl groups is 1. The van der Waals surface area contributed by atoms with E-state index in [2.05, 4.69) is 20.3 Å². The van der Waals surface area contributed by atoms with E-state index in [0.717, 1.165) is 12.8 Å². The van der Waals surface area contributed by atoms with Crippen LogP contribution in [-0.4, -0.2) is 82.3 Å². The van der Waals surface area contributed by atoms with Gasteiger partial charge >= 0.3 is 0 Å². The summed E-state index contributed by atoms with van der Waals surface area (Å²) in [6.45, 7) is 2.75. The van der Waals surface area contributed by atoms with Gasteiger partial charge in [0.25, 0.3) is 5.91 Å². The van der Waals surface area contributed by atoms with Gasteiger partial charge in [-0.2, -0.15) is 0 Å². The normalized spacial score (nSPS) is 19.7. The van der Waals surface area contributed by atoms with Crippen LogP contribution in [0.3, 0.4) is 0 Å². The van der Waals surface area contributed by atoms with E-state index >= 15 is 0 Å². The van der Waals surface area contributed by atoms with Crippen molar-refractivity contribution in [3.05, 3.63) is 41.6 Å². The first kappa shape index (κ1) is 25.1. The average Bonchev–Trinajstić information content (AvgIpc) is 3.64. The molecule has 2 aliphatic rings. The van der Waals surface area contributed by atoms with Crippen molar-refractivity contribution in [1.82, 2.24) is 25.2 Å². The van der Waals surface area contributed by atoms with Crippen LogP contribution in [0, 0.1) is 18.7 Å². The van der Waals surface area contributed by atoms with Crippen LogP contribution < -0.4 is 10.1 Å². The van der Waals surface area contributed by atoms with Gasteiger partial charge in [-0.15, -0.1) is 0 Å². The van der Waals surface area contributed by atoms with Gasteiger partial charge in [-0.05, 0) is 50.3 Å². The van der Waals surface area contributed by atoms with Gasteiger partial charge in [0, 0.05) is 31.5 Å². The molecule has 0 unspecified atom stereocenters. The van der Waals surface area contributed by atoms with Crippen LogP contribution >= 0.6 is 0 Å². The summed E-state index contributed by atoms with van der Waals surface area (Å²) in [6.07, 6.45) is 3.06. The number of aliphatic hydroxyl groups excluding tert-OH is 1. The van der Waals surface area contributed by atoms with Gasteiger partial charge in [0.2, 0.25) is 5.91 Å². The molecule has 1 aliphatic carbocycles. The lowest BCUT2D eigenvalue weighted by atomic mass is 10.0. The molecule has 0 bridgehead atoms. The highest BCUT2D eigenvalue weighted by atomic mass is 19.1. The summed E-state index contributed by atoms with van der Waals surface area (Å²) in [5, 5.41) is 13.5. The summed E-state index contributed by atoms with van der Waals surface area (Å²) in [4.78, 5) is 38.9. The van der Waals surface area contributed by atoms with Crippen molar-refractivity contribution in [1.29, 1.82) is 0 Å². The van der Waals surface area contributed by atoms with E-state index in [0.29, 0.717) is 64.8 Å². The molecule has 3 heterocycles. The number of nitrogens with one attached hydrogen (secondary N) is 2. The number of halogens is 1. The lowest BCUT2D eigenvalue weighted by Crippen LogP contribution is -2.55. The van der Waals surface area contributed by atoms with Gasteiger partial charge in [0.15, 0.2) is 0 Å². The monoisotopic (exact) mass is 511 g/mol. The van der Waals surface area contributed by atoms with Gasteiger partial charge in [-0.1, -0.05) is 0 Å². The second kappa shape index (κ2) is 10.4. The summed E-state index contributed by atoms with van der Waals surface area (Å²) in [5.41, 5.74) is 2.67. The number of carbonyl (C=O) groups is 2. The molecule has 2 aromatic heterocycles. The molecule has 2 fully saturated rings. The minimum Gasteiger partial charge on any atom is -0.493 e. The van der Waals surface area contributed by atoms with Gasteiger partial charge < -0.3 is 29.8 Å². The molecule has 0 radical (unpaired) electrons. The molecule has 1 aromatic carbocycles. The van der Waals surface area contributed by atoms with E-state index in [4.69, 9.17) is 9.47 Å². The minimum absolute atomic E-state index is 0.0566. The number of aryl methyl sites for hydroxylation is 1. The van der Waals surface area contributed by atoms with Crippen LogP contribution in [0.25, 0.3) is 22.3 Å². The minimum atomic E-state index is -0.923. The number of aromatic amines is 1. The van der Waals surface area contributed by atoms with Crippen molar-refractivity contribution >= 4 is 22.8 Å². The van der Waals surface area contributed by atoms with Crippen LogP contribution in [0.1, 0.15) is 35.3 Å². The van der Waals surface area contributed by atoms with Gasteiger partial charge in [0.05, 0.1) is 29.8 Å². The molecular formula is C26H30FN5O5. The standard InChI is InChI=1S/C26H30FN5O5/c1-14-22(26(35)31-18-7-8-32(10-19(18)33)21(34)12-36-2)24-25(30-14)23(28-13-29-24)17-9-16(27)5-6-20(17)37-11-15-3-4-15/h5-6,9,13,15,18-19,30,33H,3-4,7-8,10-12H2,1-2H3,(H,31,35)/t18-,19-/m1/s1. The molecule has 5 rings (SSSR count). The predicted molar refractivity (Wildman–Crippen MR) is 133 cm³/mol. The first-order valence-corrected chi connectivity index (χ1v) is 12.4. The topological polar surface area (TPSA) is 130 Å². The lowest BCUT2D eigenvalue weighted by Gasteiger charge is -2.36. The van der Waals surface area contributed by atoms with Crippen molar-refractivity contribution < 1.29 is 28.6 Å². The summed E-state index contributed by atoms with van der Waals surface area (Å²) < 4.78 is 25.1. The maximum absolute atomic E-state index is 14.2. The molecule has 196 valence electrons. The summed E-state index contributed by atoms with van der Waals surface area (Å²) in [6, 6.07) is 3.78. The average molecular weight is 512 g/mol. The predicted octanol–water partition coefficient (Wildman–Crippen LogP) is 2.20. The molecule has 0 spiro atoms. The van der Waals surface area contributed by atoms with Crippen molar-refractivity contribution in [3.8, 4) is 17.0 Å². The fourth-order valence-electron chi connectivity index (χ4n) is 4.69. The van der Waals surface area contributed by atoms with Crippen LogP contribution in [0.2, 0.25) is 0 Å². The maximum Gasteiger partial charge on any atom is 0.255 e. The number of nitrogens with zero attached hydrogens (tertiary/aromatic N) is 3. The molecular weight excluding hydrogens is 481 g/mol. The number of ether oxygens (including phenoxy) is 2. The van der Waals surface area contributed by atoms with Crippen molar-refractivity contribution in [2.75, 3.05) is 33.4 Å². The van der Waals surface area contributed by atoms with Crippen LogP contribution in [0.5, 0.6) is 5.75 Å². The summed E-state index contributed by atoms with van der Waals surface area (Å²) in [5.74, 6) is 0.00152. The molecule has 2 amide bonds. The van der Waals surface area contributed by atoms with Crippen LogP contribution in [-0.2, 0) is 9.53 Å². The Morgan fingerprint density at radius 1 is 1.27 bits per heavy atom. The van der Waals surface area contributed by atoms with E-state index in [1.165, 1.54) is 30.5 Å². The fourth-order valence-corrected chi connectivity index (χ4v) is 4.69. The molecule has 11 heteroatoms. The first-order chi connectivity index (χ1) is 17.9. The fraction of sp³-hybridized carbons (Fsp3) is 0.462. The molecule has 1 saturated heterocycles. The number of hydrogen-bond donors (Lipinski definition) is 3. The number of benzene rings is 1. The Hall–Kier alpha value is -3.57. The Morgan fingerprint density at radius 2 is 2.08 bits per heavy atom. The highest BCUT2D eigenvalue weighted by Gasteiger charge is 2.32. The zero-order valence-electron chi connectivity index (χ0n) is 20.8. The number of aromatic nitrogens is 3. The van der Waals surface area contributed by atoms with Gasteiger partial charge in [-0.25, -0.2) is 14.4 Å². The smallest absolute Gasteiger partial charge is 0.255 e. The highest BCUT2D eigenvalue weighted by molar-refractivity contribution is 6.09. The Kier molecular flexibility index (Phi) is 7.07. The number of rotatable bonds is 8. The molecule has 2 atom stereocenters. The Balaban J connectivity index is 1.40. The number of H-pyrrole nitrogens is 1. The lowest BCUT2D eigenvalue weighted by molar-refractivity contribution is -0.138. The Labute approximate surface area is 213 Å². The Bertz CT molecular complexity index is 1320. The third-order valence-corrected chi connectivity index (χ3v) is 6.89. The van der Waals surface area contributed by atoms with Gasteiger partial charge in [0.1, 0.15) is 35.7 Å². The van der Waals surface area contributed by atoms with E-state index in [9.17, 15) is 19.1 Å². The number of amides is 2. The molecule has 37 heavy (non-hydrogen) atoms. The van der Waals surface area contributed by atoms with Crippen molar-refractivity contribution in [3.63, 3.8) is 0 Å². The van der Waals surface area contributed by atoms with Crippen molar-refractivity contribution in [2.24, 2.45) is 5.92 Å². The van der Waals surface area contributed by atoms with Crippen LogP contribution in [0.15, 0.2) is 24.5 Å². The van der Waals surface area contributed by atoms with E-state index in [1.807, 2.05) is 0 Å². The number of likely N-dealkylation sites (tertiary alicyclic amines) is 1. The van der Waals surface area contributed by atoms with E-state index in [1.54, 1.807) is 13.0 Å². The van der Waals surface area contributed by atoms with Gasteiger partial charge in [-0.3, -0.25) is 9.59 Å². The quantitative estimate of drug-likeness (QED) is 0.423. The zero-order valence-corrected chi connectivity index (χ0v) is 20.8. The molecule has 10 nitrogen and oxygen atoms in total. The number of fused-ring (bicyclic) bond motifs is 1. The van der Waals surface area contributed by atoms with E-state index in [-0.39, 0.29) is 19.1 Å². The molecule has 3 aromatic rings. The number of hydrogen-bond acceptors (Lipinski definition) is 7. The second-order valence-electron chi connectivity index (χ2n) is 9.67. The number of β-amino-alcohol motifs (C(OH)–C–C–N with tert-alkyl or cyclic N) is 1. The second-order valence-corrected chi connectivity index (χ2v) is 9.67. The largest absolute Gasteiger partial charge is 0.493 e. The SMILES string of the molecule is COCC(=O)N1CC[C@@H](NC(=O)c2c(C)[nH]c3c(-c4cc(F)ccc4OCC4CC4)ncnc23)[C@H](O)C1. The molecule has 1 saturated carbocycles. The summed E-state index contributed by atoms with van der Waals surface area (Å²) >= 11 is 0. The zero-order chi connectivity index (χ0) is 26.1. The van der Waals surface area contributed by atoms with Crippen molar-refractivity contribution in [2.45, 2.75) is 38.3 Å². The highest BCUT2D eigenvalue weighted by Crippen LogP contribution is 2.36. The Morgan fingerprint density at radius 3 is 2.81 bits per heavy atom.